The fraction of sp³-hybridized carbons (Fsp3) is 0.360. The number of aromatic carboxylic acids is 1. The highest BCUT2D eigenvalue weighted by molar-refractivity contribution is 6.30. The second-order valence-corrected chi connectivity index (χ2v) is 9.53. The van der Waals surface area contributed by atoms with Gasteiger partial charge in [-0.3, -0.25) is 14.4 Å². The summed E-state index contributed by atoms with van der Waals surface area (Å²) < 4.78 is 10.9. The predicted octanol–water partition coefficient (Wildman–Crippen LogP) is 3.18. The molecule has 0 radical (unpaired) electrons. The molecule has 5 rings (SSSR count). The average molecular weight is 542 g/mol. The Balaban J connectivity index is 1.39. The summed E-state index contributed by atoms with van der Waals surface area (Å²) in [5, 5.41) is 15.4. The zero-order valence-electron chi connectivity index (χ0n) is 20.1. The number of nitrogens with one attached hydrogen (secondary N) is 2. The lowest BCUT2D eigenvalue weighted by Crippen LogP contribution is -2.49. The Labute approximate surface area is 221 Å². The Kier molecular flexibility index (Phi) is 7.25. The van der Waals surface area contributed by atoms with Crippen LogP contribution in [0.15, 0.2) is 35.0 Å². The lowest BCUT2D eigenvalue weighted by molar-refractivity contribution is -0.146. The van der Waals surface area contributed by atoms with Crippen molar-refractivity contribution in [2.75, 3.05) is 30.4 Å². The van der Waals surface area contributed by atoms with Crippen LogP contribution in [-0.4, -0.2) is 69.5 Å². The second-order valence-electron chi connectivity index (χ2n) is 9.09. The summed E-state index contributed by atoms with van der Waals surface area (Å²) in [4.78, 5) is 60.3. The van der Waals surface area contributed by atoms with Crippen molar-refractivity contribution in [3.05, 3.63) is 47.1 Å². The third kappa shape index (κ3) is 5.18. The second kappa shape index (κ2) is 10.8. The Morgan fingerprint density at radius 1 is 1.08 bits per heavy atom. The summed E-state index contributed by atoms with van der Waals surface area (Å²) in [5.41, 5.74) is -0.358. The van der Waals surface area contributed by atoms with Gasteiger partial charge in [-0.1, -0.05) is 11.6 Å². The van der Waals surface area contributed by atoms with Crippen LogP contribution in [-0.2, 0) is 14.3 Å². The molecular weight excluding hydrogens is 518 g/mol. The van der Waals surface area contributed by atoms with E-state index in [1.807, 2.05) is 4.90 Å². The average Bonchev–Trinajstić information content (AvgIpc) is 3.29. The van der Waals surface area contributed by atoms with Crippen LogP contribution in [0.25, 0.3) is 11.0 Å². The monoisotopic (exact) mass is 541 g/mol. The smallest absolute Gasteiger partial charge is 0.355 e. The van der Waals surface area contributed by atoms with E-state index in [4.69, 9.17) is 20.8 Å². The molecule has 2 aliphatic rings. The summed E-state index contributed by atoms with van der Waals surface area (Å²) in [5.74, 6) is -3.00. The predicted molar refractivity (Wildman–Crippen MR) is 135 cm³/mol. The highest BCUT2D eigenvalue weighted by Crippen LogP contribution is 2.35. The number of fused-ring (bicyclic) bond motifs is 1. The minimum absolute atomic E-state index is 0.00941. The zero-order chi connectivity index (χ0) is 26.8. The van der Waals surface area contributed by atoms with E-state index in [9.17, 15) is 24.3 Å². The maximum atomic E-state index is 13.3. The van der Waals surface area contributed by atoms with Gasteiger partial charge < -0.3 is 29.8 Å². The molecule has 12 nitrogen and oxygen atoms in total. The highest BCUT2D eigenvalue weighted by Gasteiger charge is 2.34. The summed E-state index contributed by atoms with van der Waals surface area (Å²) in [6, 6.07) is 4.49. The number of pyridine rings is 2. The molecule has 3 aromatic heterocycles. The third-order valence-corrected chi connectivity index (χ3v) is 6.98. The minimum Gasteiger partial charge on any atom is -0.476 e. The van der Waals surface area contributed by atoms with Crippen LogP contribution in [0.1, 0.15) is 46.7 Å². The lowest BCUT2D eigenvalue weighted by Gasteiger charge is -2.38. The molecule has 0 bridgehead atoms. The van der Waals surface area contributed by atoms with Gasteiger partial charge in [0.15, 0.2) is 5.69 Å². The number of halogens is 1. The first-order chi connectivity index (χ1) is 18.3. The molecule has 0 atom stereocenters. The van der Waals surface area contributed by atoms with Crippen molar-refractivity contribution in [2.45, 2.75) is 31.7 Å². The van der Waals surface area contributed by atoms with Crippen molar-refractivity contribution in [2.24, 2.45) is 5.92 Å². The SMILES string of the molecule is O=C(Nc1ccc(Cl)cn1)c1oc2ccnc(C(=O)O)c2c1NC(=O)C1CCC(N2CCOCC2=O)CC1. The van der Waals surface area contributed by atoms with Crippen LogP contribution in [0.2, 0.25) is 5.02 Å². The van der Waals surface area contributed by atoms with Gasteiger partial charge in [-0.15, -0.1) is 0 Å². The topological polar surface area (TPSA) is 164 Å². The lowest BCUT2D eigenvalue weighted by atomic mass is 9.84. The molecule has 1 saturated heterocycles. The van der Waals surface area contributed by atoms with E-state index < -0.39 is 17.8 Å². The number of hydrogen-bond donors (Lipinski definition) is 3. The first-order valence-corrected chi connectivity index (χ1v) is 12.5. The molecule has 0 unspecified atom stereocenters. The number of carbonyl (C=O) groups is 4. The maximum Gasteiger partial charge on any atom is 0.355 e. The number of hydrogen-bond acceptors (Lipinski definition) is 8. The van der Waals surface area contributed by atoms with Crippen LogP contribution in [0.3, 0.4) is 0 Å². The largest absolute Gasteiger partial charge is 0.476 e. The Hall–Kier alpha value is -4.03. The van der Waals surface area contributed by atoms with E-state index in [2.05, 4.69) is 20.6 Å². The van der Waals surface area contributed by atoms with Crippen molar-refractivity contribution in [3.63, 3.8) is 0 Å². The van der Waals surface area contributed by atoms with Gasteiger partial charge in [0.05, 0.1) is 17.0 Å². The minimum atomic E-state index is -1.34. The van der Waals surface area contributed by atoms with Gasteiger partial charge in [0, 0.05) is 30.9 Å². The molecule has 4 heterocycles. The van der Waals surface area contributed by atoms with E-state index in [1.54, 1.807) is 6.07 Å². The highest BCUT2D eigenvalue weighted by atomic mass is 35.5. The van der Waals surface area contributed by atoms with Crippen LogP contribution in [0.4, 0.5) is 11.5 Å². The molecule has 3 aromatic rings. The number of nitrogens with zero attached hydrogens (tertiary/aromatic N) is 3. The van der Waals surface area contributed by atoms with E-state index in [0.29, 0.717) is 43.9 Å². The van der Waals surface area contributed by atoms with Gasteiger partial charge in [0.1, 0.15) is 23.7 Å². The molecule has 198 valence electrons. The van der Waals surface area contributed by atoms with Crippen molar-refractivity contribution in [1.82, 2.24) is 14.9 Å². The van der Waals surface area contributed by atoms with Gasteiger partial charge in [0.25, 0.3) is 5.91 Å². The molecule has 13 heteroatoms. The number of carboxylic acids is 1. The zero-order valence-corrected chi connectivity index (χ0v) is 20.9. The third-order valence-electron chi connectivity index (χ3n) is 6.76. The Morgan fingerprint density at radius 2 is 1.87 bits per heavy atom. The Bertz CT molecular complexity index is 1400. The number of amides is 3. The first kappa shape index (κ1) is 25.6. The number of anilines is 2. The molecule has 38 heavy (non-hydrogen) atoms. The number of ether oxygens (including phenoxy) is 1. The fourth-order valence-corrected chi connectivity index (χ4v) is 5.01. The number of aromatic nitrogens is 2. The fourth-order valence-electron chi connectivity index (χ4n) is 4.90. The van der Waals surface area contributed by atoms with Crippen LogP contribution in [0.5, 0.6) is 0 Å². The van der Waals surface area contributed by atoms with E-state index >= 15 is 0 Å². The number of carbonyl (C=O) groups excluding carboxylic acids is 3. The van der Waals surface area contributed by atoms with Gasteiger partial charge in [-0.25, -0.2) is 14.8 Å². The van der Waals surface area contributed by atoms with E-state index in [-0.39, 0.29) is 58.4 Å². The number of rotatable bonds is 6. The van der Waals surface area contributed by atoms with Gasteiger partial charge >= 0.3 is 5.97 Å². The van der Waals surface area contributed by atoms with Gasteiger partial charge in [-0.2, -0.15) is 0 Å². The number of carboxylic acid groups (broad SMARTS) is 1. The van der Waals surface area contributed by atoms with Crippen molar-refractivity contribution in [1.29, 1.82) is 0 Å². The molecule has 3 amide bonds. The first-order valence-electron chi connectivity index (χ1n) is 12.1. The van der Waals surface area contributed by atoms with Gasteiger partial charge in [-0.05, 0) is 43.9 Å². The molecule has 2 fully saturated rings. The Morgan fingerprint density at radius 3 is 2.55 bits per heavy atom. The summed E-state index contributed by atoms with van der Waals surface area (Å²) in [6.07, 6.45) is 4.94. The summed E-state index contributed by atoms with van der Waals surface area (Å²) >= 11 is 5.85. The van der Waals surface area contributed by atoms with E-state index in [1.165, 1.54) is 24.5 Å². The maximum absolute atomic E-state index is 13.3. The van der Waals surface area contributed by atoms with Gasteiger partial charge in [0.2, 0.25) is 17.6 Å². The molecule has 1 saturated carbocycles. The normalized spacial score (nSPS) is 19.8. The van der Waals surface area contributed by atoms with Crippen molar-refractivity contribution < 1.29 is 33.4 Å². The molecular formula is C25H24ClN5O7. The van der Waals surface area contributed by atoms with Crippen LogP contribution in [0, 0.1) is 5.92 Å². The van der Waals surface area contributed by atoms with Crippen molar-refractivity contribution in [3.8, 4) is 0 Å². The standard InChI is InChI=1S/C25H24ClN5O7/c26-14-3-6-17(28-11-14)29-24(34)22-20(19-16(38-22)7-8-27-21(19)25(35)36)30-23(33)13-1-4-15(5-2-13)31-9-10-37-12-18(31)32/h3,6-8,11,13,15H,1-2,4-5,9-10,12H2,(H,30,33)(H,35,36)(H,28,29,34). The molecule has 1 aliphatic carbocycles. The molecule has 3 N–H and O–H groups in total. The molecule has 1 aliphatic heterocycles. The molecule has 0 aromatic carbocycles. The van der Waals surface area contributed by atoms with Crippen LogP contribution < -0.4 is 10.6 Å². The quantitative estimate of drug-likeness (QED) is 0.425. The van der Waals surface area contributed by atoms with E-state index in [0.717, 1.165) is 0 Å². The molecule has 0 spiro atoms. The van der Waals surface area contributed by atoms with Crippen molar-refractivity contribution >= 4 is 57.8 Å². The summed E-state index contributed by atoms with van der Waals surface area (Å²) in [7, 11) is 0. The number of morpholine rings is 1. The number of furan rings is 1. The van der Waals surface area contributed by atoms with Crippen LogP contribution >= 0.6 is 11.6 Å². The summed E-state index contributed by atoms with van der Waals surface area (Å²) in [6.45, 7) is 1.10.